The van der Waals surface area contributed by atoms with Crippen LogP contribution in [0.15, 0.2) is 41.8 Å². The average molecular weight is 353 g/mol. The predicted octanol–water partition coefficient (Wildman–Crippen LogP) is 4.75. The summed E-state index contributed by atoms with van der Waals surface area (Å²) in [5, 5.41) is 9.82. The zero-order chi connectivity index (χ0) is 18.0. The van der Waals surface area contributed by atoms with Crippen LogP contribution in [0.4, 0.5) is 0 Å². The highest BCUT2D eigenvalue weighted by Crippen LogP contribution is 2.27. The molecule has 2 aromatic heterocycles. The second-order valence-electron chi connectivity index (χ2n) is 6.38. The fraction of sp³-hybridized carbons (Fsp3) is 0.300. The molecule has 0 spiro atoms. The zero-order valence-corrected chi connectivity index (χ0v) is 15.9. The molecule has 25 heavy (non-hydrogen) atoms. The molecule has 2 heterocycles. The lowest BCUT2D eigenvalue weighted by Gasteiger charge is -2.14. The van der Waals surface area contributed by atoms with Crippen molar-refractivity contribution in [2.45, 2.75) is 40.2 Å². The van der Waals surface area contributed by atoms with E-state index < -0.39 is 0 Å². The lowest BCUT2D eigenvalue weighted by Crippen LogP contribution is -2.33. The fourth-order valence-corrected chi connectivity index (χ4v) is 3.30. The molecule has 0 unspecified atom stereocenters. The topological polar surface area (TPSA) is 46.9 Å². The summed E-state index contributed by atoms with van der Waals surface area (Å²) in [5.74, 6) is -0.0921. The molecule has 3 rings (SSSR count). The third-order valence-corrected chi connectivity index (χ3v) is 5.19. The molecule has 0 aliphatic carbocycles. The highest BCUT2D eigenvalue weighted by Gasteiger charge is 2.20. The molecule has 0 saturated carbocycles. The zero-order valence-electron chi connectivity index (χ0n) is 15.0. The van der Waals surface area contributed by atoms with Crippen LogP contribution in [0.1, 0.15) is 41.9 Å². The third kappa shape index (κ3) is 3.66. The Labute approximate surface area is 152 Å². The first-order chi connectivity index (χ1) is 12.0. The van der Waals surface area contributed by atoms with E-state index in [2.05, 4.69) is 30.4 Å². The lowest BCUT2D eigenvalue weighted by molar-refractivity contribution is 0.0931. The summed E-state index contributed by atoms with van der Waals surface area (Å²) in [5.41, 5.74) is 4.56. The summed E-state index contributed by atoms with van der Waals surface area (Å²) < 4.78 is 1.77. The van der Waals surface area contributed by atoms with E-state index in [1.165, 1.54) is 0 Å². The smallest absolute Gasteiger partial charge is 0.270 e. The Hall–Kier alpha value is -2.40. The Bertz CT molecular complexity index is 880. The minimum atomic E-state index is -0.0921. The summed E-state index contributed by atoms with van der Waals surface area (Å²) in [7, 11) is 0. The molecular weight excluding hydrogens is 330 g/mol. The van der Waals surface area contributed by atoms with Crippen LogP contribution in [0, 0.1) is 13.8 Å². The van der Waals surface area contributed by atoms with Gasteiger partial charge in [0, 0.05) is 6.04 Å². The maximum Gasteiger partial charge on any atom is 0.270 e. The van der Waals surface area contributed by atoms with Crippen LogP contribution in [0.2, 0.25) is 0 Å². The number of nitrogens with zero attached hydrogens (tertiary/aromatic N) is 2. The summed E-state index contributed by atoms with van der Waals surface area (Å²) >= 11 is 1.62. The van der Waals surface area contributed by atoms with E-state index in [4.69, 9.17) is 5.10 Å². The number of benzene rings is 1. The van der Waals surface area contributed by atoms with E-state index in [0.717, 1.165) is 33.8 Å². The normalized spacial score (nSPS) is 12.2. The number of carbonyl (C=O) groups is 1. The summed E-state index contributed by atoms with van der Waals surface area (Å²) in [6, 6.07) is 12.2. The highest BCUT2D eigenvalue weighted by atomic mass is 32.1. The molecule has 1 amide bonds. The van der Waals surface area contributed by atoms with Crippen LogP contribution in [0.3, 0.4) is 0 Å². The maximum atomic E-state index is 12.8. The van der Waals surface area contributed by atoms with Crippen molar-refractivity contribution in [1.29, 1.82) is 0 Å². The van der Waals surface area contributed by atoms with E-state index in [-0.39, 0.29) is 11.9 Å². The van der Waals surface area contributed by atoms with Crippen LogP contribution in [-0.2, 0) is 0 Å². The van der Waals surface area contributed by atoms with Crippen LogP contribution in [-0.4, -0.2) is 21.7 Å². The van der Waals surface area contributed by atoms with Crippen molar-refractivity contribution in [2.24, 2.45) is 0 Å². The SMILES string of the molecule is CC[C@H](C)NC(=O)c1cc(-c2cccs2)nn1-c1cc(C)ccc1C. The van der Waals surface area contributed by atoms with Gasteiger partial charge in [-0.2, -0.15) is 5.10 Å². The maximum absolute atomic E-state index is 12.8. The second-order valence-corrected chi connectivity index (χ2v) is 7.32. The van der Waals surface area contributed by atoms with E-state index in [0.29, 0.717) is 5.69 Å². The van der Waals surface area contributed by atoms with Crippen molar-refractivity contribution in [2.75, 3.05) is 0 Å². The van der Waals surface area contributed by atoms with Gasteiger partial charge < -0.3 is 5.32 Å². The first-order valence-electron chi connectivity index (χ1n) is 8.52. The van der Waals surface area contributed by atoms with Crippen molar-refractivity contribution in [3.05, 3.63) is 58.6 Å². The Morgan fingerprint density at radius 3 is 2.76 bits per heavy atom. The molecule has 3 aromatic rings. The van der Waals surface area contributed by atoms with Gasteiger partial charge in [-0.25, -0.2) is 4.68 Å². The summed E-state index contributed by atoms with van der Waals surface area (Å²) in [6.07, 6.45) is 0.890. The lowest BCUT2D eigenvalue weighted by atomic mass is 10.1. The van der Waals surface area contributed by atoms with Gasteiger partial charge in [0.15, 0.2) is 0 Å². The highest BCUT2D eigenvalue weighted by molar-refractivity contribution is 7.13. The van der Waals surface area contributed by atoms with Gasteiger partial charge in [-0.3, -0.25) is 4.79 Å². The van der Waals surface area contributed by atoms with Gasteiger partial charge in [0.2, 0.25) is 0 Å². The Morgan fingerprint density at radius 2 is 2.08 bits per heavy atom. The molecule has 1 N–H and O–H groups in total. The van der Waals surface area contributed by atoms with E-state index in [1.54, 1.807) is 16.0 Å². The van der Waals surface area contributed by atoms with Crippen LogP contribution >= 0.6 is 11.3 Å². The molecule has 0 radical (unpaired) electrons. The first kappa shape index (κ1) is 17.4. The largest absolute Gasteiger partial charge is 0.348 e. The number of nitrogens with one attached hydrogen (secondary N) is 1. The third-order valence-electron chi connectivity index (χ3n) is 4.30. The molecule has 1 aromatic carbocycles. The monoisotopic (exact) mass is 353 g/mol. The van der Waals surface area contributed by atoms with Crippen molar-refractivity contribution < 1.29 is 4.79 Å². The van der Waals surface area contributed by atoms with Gasteiger partial charge in [0.25, 0.3) is 5.91 Å². The molecular formula is C20H23N3OS. The number of hydrogen-bond acceptors (Lipinski definition) is 3. The molecule has 0 aliphatic rings. The van der Waals surface area contributed by atoms with Crippen molar-refractivity contribution in [3.63, 3.8) is 0 Å². The Morgan fingerprint density at radius 1 is 1.28 bits per heavy atom. The molecule has 0 bridgehead atoms. The van der Waals surface area contributed by atoms with Crippen molar-refractivity contribution >= 4 is 17.2 Å². The molecule has 1 atom stereocenters. The second kappa shape index (κ2) is 7.23. The van der Waals surface area contributed by atoms with E-state index in [9.17, 15) is 4.79 Å². The number of carbonyl (C=O) groups excluding carboxylic acids is 1. The fourth-order valence-electron chi connectivity index (χ4n) is 2.62. The van der Waals surface area contributed by atoms with Crippen LogP contribution < -0.4 is 5.32 Å². The number of thiophene rings is 1. The molecule has 0 fully saturated rings. The van der Waals surface area contributed by atoms with Gasteiger partial charge in [0.05, 0.1) is 10.6 Å². The Kier molecular flexibility index (Phi) is 5.04. The molecule has 0 aliphatic heterocycles. The van der Waals surface area contributed by atoms with Gasteiger partial charge >= 0.3 is 0 Å². The van der Waals surface area contributed by atoms with Crippen molar-refractivity contribution in [3.8, 4) is 16.3 Å². The number of hydrogen-bond donors (Lipinski definition) is 1. The molecule has 0 saturated heterocycles. The number of amides is 1. The number of rotatable bonds is 5. The van der Waals surface area contributed by atoms with Crippen LogP contribution in [0.25, 0.3) is 16.3 Å². The minimum absolute atomic E-state index is 0.0921. The standard InChI is InChI=1S/C20H23N3OS/c1-5-15(4)21-20(24)18-12-16(19-7-6-10-25-19)22-23(18)17-11-13(2)8-9-14(17)3/h6-12,15H,5H2,1-4H3,(H,21,24)/t15-/m0/s1. The predicted molar refractivity (Wildman–Crippen MR) is 104 cm³/mol. The number of aromatic nitrogens is 2. The van der Waals surface area contributed by atoms with Gasteiger partial charge in [-0.05, 0) is 61.9 Å². The van der Waals surface area contributed by atoms with Gasteiger partial charge in [-0.1, -0.05) is 25.1 Å². The minimum Gasteiger partial charge on any atom is -0.348 e. The Balaban J connectivity index is 2.12. The molecule has 130 valence electrons. The van der Waals surface area contributed by atoms with Crippen molar-refractivity contribution in [1.82, 2.24) is 15.1 Å². The first-order valence-corrected chi connectivity index (χ1v) is 9.40. The van der Waals surface area contributed by atoms with Gasteiger partial charge in [0.1, 0.15) is 11.4 Å². The van der Waals surface area contributed by atoms with Crippen LogP contribution in [0.5, 0.6) is 0 Å². The number of aryl methyl sites for hydroxylation is 2. The quantitative estimate of drug-likeness (QED) is 0.720. The van der Waals surface area contributed by atoms with Gasteiger partial charge in [-0.15, -0.1) is 11.3 Å². The average Bonchev–Trinajstić information content (AvgIpc) is 3.25. The summed E-state index contributed by atoms with van der Waals surface area (Å²) in [4.78, 5) is 13.9. The summed E-state index contributed by atoms with van der Waals surface area (Å²) in [6.45, 7) is 8.16. The molecule has 4 nitrogen and oxygen atoms in total. The molecule has 5 heteroatoms. The van der Waals surface area contributed by atoms with E-state index in [1.807, 2.05) is 44.4 Å². The van der Waals surface area contributed by atoms with E-state index >= 15 is 0 Å².